The normalized spacial score (nSPS) is 22.5. The number of ether oxygens (including phenoxy) is 1. The van der Waals surface area contributed by atoms with Gasteiger partial charge in [-0.15, -0.1) is 0 Å². The van der Waals surface area contributed by atoms with Crippen LogP contribution in [0.15, 0.2) is 107 Å². The molecule has 2 N–H and O–H groups in total. The molecule has 4 aliphatic rings. The highest BCUT2D eigenvalue weighted by molar-refractivity contribution is 7.85. The van der Waals surface area contributed by atoms with Crippen LogP contribution in [-0.4, -0.2) is 42.8 Å². The van der Waals surface area contributed by atoms with Gasteiger partial charge in [0.1, 0.15) is 0 Å². The van der Waals surface area contributed by atoms with E-state index in [9.17, 15) is 22.9 Å². The number of carboxylic acid groups (broad SMARTS) is 1. The molecule has 0 fully saturated rings. The molecule has 57 heavy (non-hydrogen) atoms. The van der Waals surface area contributed by atoms with E-state index in [4.69, 9.17) is 11.3 Å². The number of fused-ring (bicyclic) bond motifs is 10. The highest BCUT2D eigenvalue weighted by Gasteiger charge is 2.49. The average Bonchev–Trinajstić information content (AvgIpc) is 3.44. The molecule has 0 saturated carbocycles. The predicted octanol–water partition coefficient (Wildman–Crippen LogP) is 11.8. The van der Waals surface area contributed by atoms with Crippen LogP contribution in [0.5, 0.6) is 0 Å². The van der Waals surface area contributed by atoms with Gasteiger partial charge in [-0.3, -0.25) is 9.35 Å². The van der Waals surface area contributed by atoms with Gasteiger partial charge in [-0.25, -0.2) is 0 Å². The van der Waals surface area contributed by atoms with Crippen LogP contribution in [-0.2, 0) is 36.9 Å². The second-order valence-electron chi connectivity index (χ2n) is 17.2. The molecule has 1 aliphatic carbocycles. The van der Waals surface area contributed by atoms with Gasteiger partial charge in [-0.2, -0.15) is 8.42 Å². The largest absolute Gasteiger partial charge is 0.481 e. The fourth-order valence-electron chi connectivity index (χ4n) is 10.2. The van der Waals surface area contributed by atoms with Gasteiger partial charge >= 0.3 is 5.97 Å². The van der Waals surface area contributed by atoms with E-state index in [1.807, 2.05) is 12.1 Å². The van der Waals surface area contributed by atoms with Crippen molar-refractivity contribution in [2.24, 2.45) is 0 Å². The summed E-state index contributed by atoms with van der Waals surface area (Å²) in [5, 5.41) is 13.5. The van der Waals surface area contributed by atoms with Crippen molar-refractivity contribution in [3.05, 3.63) is 118 Å². The smallest absolute Gasteiger partial charge is 0.303 e. The van der Waals surface area contributed by atoms with Gasteiger partial charge in [0.15, 0.2) is 0 Å². The van der Waals surface area contributed by atoms with Crippen molar-refractivity contribution in [1.82, 2.24) is 0 Å². The van der Waals surface area contributed by atoms with Crippen LogP contribution in [0.3, 0.4) is 0 Å². The predicted molar refractivity (Wildman–Crippen MR) is 232 cm³/mol. The van der Waals surface area contributed by atoms with Crippen molar-refractivity contribution < 1.29 is 27.6 Å². The van der Waals surface area contributed by atoms with Crippen LogP contribution in [0.2, 0.25) is 0 Å². The van der Waals surface area contributed by atoms with Crippen molar-refractivity contribution >= 4 is 43.3 Å². The molecule has 0 amide bonds. The Morgan fingerprint density at radius 3 is 2.33 bits per heavy atom. The Hall–Kier alpha value is -4.24. The highest BCUT2D eigenvalue weighted by Crippen LogP contribution is 2.56. The number of aliphatic carboxylic acids is 1. The molecule has 3 aliphatic heterocycles. The highest BCUT2D eigenvalue weighted by atomic mass is 32.2. The van der Waals surface area contributed by atoms with E-state index in [-0.39, 0.29) is 23.5 Å². The first-order chi connectivity index (χ1) is 27.2. The third-order valence-electron chi connectivity index (χ3n) is 13.0. The van der Waals surface area contributed by atoms with E-state index < -0.39 is 26.9 Å². The summed E-state index contributed by atoms with van der Waals surface area (Å²) in [6.45, 7) is 17.0. The molecular weight excluding hydrogens is 731 g/mol. The minimum Gasteiger partial charge on any atom is -0.481 e. The van der Waals surface area contributed by atoms with Crippen LogP contribution < -0.4 is 4.90 Å². The number of aryl methyl sites for hydroxylation is 1. The Balaban J connectivity index is 0.000000935. The summed E-state index contributed by atoms with van der Waals surface area (Å²) in [5.74, 6) is -0.750. The Labute approximate surface area is 339 Å². The van der Waals surface area contributed by atoms with Gasteiger partial charge in [-0.05, 0) is 112 Å². The van der Waals surface area contributed by atoms with Crippen LogP contribution in [0.1, 0.15) is 122 Å². The lowest BCUT2D eigenvalue weighted by Gasteiger charge is -2.44. The number of carbonyl (C=O) groups is 1. The summed E-state index contributed by atoms with van der Waals surface area (Å²) in [5.41, 5.74) is 8.78. The van der Waals surface area contributed by atoms with Gasteiger partial charge in [0.05, 0.1) is 17.1 Å². The van der Waals surface area contributed by atoms with Gasteiger partial charge in [0.25, 0.3) is 10.1 Å². The summed E-state index contributed by atoms with van der Waals surface area (Å²) >= 11 is 0. The van der Waals surface area contributed by atoms with E-state index >= 15 is 0 Å². The molecule has 4 aromatic rings. The first kappa shape index (κ1) is 40.9. The van der Waals surface area contributed by atoms with Gasteiger partial charge in [0.2, 0.25) is 0 Å². The molecule has 8 rings (SSSR count). The third-order valence-corrected chi connectivity index (χ3v) is 13.9. The molecule has 3 heterocycles. The number of hydrogen-bond donors (Lipinski definition) is 2. The van der Waals surface area contributed by atoms with Crippen LogP contribution >= 0.6 is 0 Å². The third kappa shape index (κ3) is 7.61. The number of nitrogens with zero attached hydrogens (tertiary/aromatic N) is 1. The van der Waals surface area contributed by atoms with Crippen molar-refractivity contribution in [2.45, 2.75) is 140 Å². The van der Waals surface area contributed by atoms with Crippen LogP contribution in [0.4, 0.5) is 5.69 Å². The number of rotatable bonds is 9. The summed E-state index contributed by atoms with van der Waals surface area (Å²) in [7, 11) is -4.33. The quantitative estimate of drug-likeness (QED) is 0.128. The lowest BCUT2D eigenvalue weighted by atomic mass is 9.66. The van der Waals surface area contributed by atoms with E-state index in [2.05, 4.69) is 88.1 Å². The van der Waals surface area contributed by atoms with Crippen molar-refractivity contribution in [3.63, 3.8) is 0 Å². The summed E-state index contributed by atoms with van der Waals surface area (Å²) in [6, 6.07) is 22.1. The molecule has 3 unspecified atom stereocenters. The zero-order valence-electron chi connectivity index (χ0n) is 34.4. The fraction of sp³-hybridized carbons (Fsp3) is 0.449. The van der Waals surface area contributed by atoms with Gasteiger partial charge in [0, 0.05) is 40.8 Å². The van der Waals surface area contributed by atoms with Gasteiger partial charge in [-0.1, -0.05) is 122 Å². The molecule has 4 aromatic carbocycles. The molecule has 302 valence electrons. The van der Waals surface area contributed by atoms with E-state index in [0.29, 0.717) is 6.42 Å². The lowest BCUT2D eigenvalue weighted by molar-refractivity contribution is -0.137. The van der Waals surface area contributed by atoms with Crippen molar-refractivity contribution in [1.29, 1.82) is 0 Å². The average molecular weight is 790 g/mol. The molecule has 0 bridgehead atoms. The molecular formula is C49H59NO6S. The summed E-state index contributed by atoms with van der Waals surface area (Å²) in [6.07, 6.45) is 13.5. The maximum Gasteiger partial charge on any atom is 0.303 e. The van der Waals surface area contributed by atoms with Crippen LogP contribution in [0.25, 0.3) is 21.5 Å². The number of unbranched alkanes of at least 4 members (excludes halogenated alkanes) is 4. The van der Waals surface area contributed by atoms with E-state index in [1.165, 1.54) is 58.5 Å². The molecule has 0 spiro atoms. The molecule has 0 aromatic heterocycles. The molecule has 0 saturated heterocycles. The van der Waals surface area contributed by atoms with E-state index in [1.54, 1.807) is 6.07 Å². The zero-order chi connectivity index (χ0) is 40.7. The maximum atomic E-state index is 12.0. The summed E-state index contributed by atoms with van der Waals surface area (Å²) < 4.78 is 40.9. The molecule has 8 heteroatoms. The standard InChI is InChI=1S/C44H47NO6S.C5H12/c1-27-34-26-35-38(22-24-45-36-21-18-30-25-31(52(48,49)50)19-20-33(30)41(36)43(2,3)42(35)45)51-37(34)14-10-12-29-17-16-28-11-7-8-13-32(28)40(29)44(27,4)23-9-5-6-15-39(46)47;1-3-5-4-2/h7-8,11,13,16-21,25-26,37-38H,1,5-6,9-10,12,14-15,22-24H2,2-4H3,(H,46,47)(H,48,49,50);3-5H2,1-2H3. The maximum absolute atomic E-state index is 12.0. The van der Waals surface area contributed by atoms with E-state index in [0.717, 1.165) is 84.7 Å². The first-order valence-corrected chi connectivity index (χ1v) is 22.5. The topological polar surface area (TPSA) is 104 Å². The Bertz CT molecular complexity index is 2390. The number of benzene rings is 4. The van der Waals surface area contributed by atoms with Crippen molar-refractivity contribution in [3.8, 4) is 0 Å². The minimum absolute atomic E-state index is 0.0509. The second kappa shape index (κ2) is 16.2. The second-order valence-corrected chi connectivity index (χ2v) is 18.7. The lowest BCUT2D eigenvalue weighted by Crippen LogP contribution is -2.43. The number of carboxylic acids is 1. The Morgan fingerprint density at radius 2 is 1.61 bits per heavy atom. The monoisotopic (exact) mass is 789 g/mol. The SMILES string of the molecule is C=C1C2=CC3=C4N(CCC3OC2CCCc2ccc3ccccc3c2C1(C)CCCCCC(=O)O)c1ccc2cc(S(=O)(=O)O)ccc2c1C4(C)C.CCCCC. The number of allylic oxidation sites excluding steroid dienone is 1. The summed E-state index contributed by atoms with van der Waals surface area (Å²) in [4.78, 5) is 13.6. The number of anilines is 1. The van der Waals surface area contributed by atoms with Crippen molar-refractivity contribution in [2.75, 3.05) is 11.4 Å². The van der Waals surface area contributed by atoms with Gasteiger partial charge < -0.3 is 14.7 Å². The minimum atomic E-state index is -4.33. The zero-order valence-corrected chi connectivity index (χ0v) is 35.2. The molecule has 0 radical (unpaired) electrons. The molecule has 3 atom stereocenters. The number of hydrogen-bond acceptors (Lipinski definition) is 5. The molecule has 7 nitrogen and oxygen atoms in total. The first-order valence-electron chi connectivity index (χ1n) is 21.1. The Kier molecular flexibility index (Phi) is 11.6. The Morgan fingerprint density at radius 1 is 0.877 bits per heavy atom. The van der Waals surface area contributed by atoms with Crippen LogP contribution in [0, 0.1) is 0 Å². The fourth-order valence-corrected chi connectivity index (χ4v) is 10.8.